The lowest BCUT2D eigenvalue weighted by atomic mass is 10.2. The van der Waals surface area contributed by atoms with Crippen LogP contribution in [0.25, 0.3) is 0 Å². The maximum Gasteiger partial charge on any atom is 0.237 e. The summed E-state index contributed by atoms with van der Waals surface area (Å²) in [7, 11) is -1.80. The van der Waals surface area contributed by atoms with Gasteiger partial charge in [0, 0.05) is 5.69 Å². The average Bonchev–Trinajstić information content (AvgIpc) is 2.43. The number of hydrogen-bond donors (Lipinski definition) is 2. The van der Waals surface area contributed by atoms with Crippen molar-refractivity contribution in [2.45, 2.75) is 4.90 Å². The van der Waals surface area contributed by atoms with Gasteiger partial charge in [-0.3, -0.25) is 9.00 Å². The second-order valence-electron chi connectivity index (χ2n) is 4.20. The van der Waals surface area contributed by atoms with Gasteiger partial charge in [0.1, 0.15) is 17.4 Å². The summed E-state index contributed by atoms with van der Waals surface area (Å²) in [5.74, 6) is -2.21. The number of halogens is 2. The minimum atomic E-state index is -1.80. The van der Waals surface area contributed by atoms with Gasteiger partial charge in [0.25, 0.3) is 0 Å². The second kappa shape index (κ2) is 6.45. The standard InChI is InChI=1S/C14H12F2N2O2S/c15-10-6-5-9(7-12(10)17)18-14(19)8-21(20)13-4-2-1-3-11(13)16/h1-7H,8,17H2,(H,18,19). The summed E-state index contributed by atoms with van der Waals surface area (Å²) < 4.78 is 38.3. The van der Waals surface area contributed by atoms with E-state index in [1.54, 1.807) is 0 Å². The Morgan fingerprint density at radius 3 is 2.52 bits per heavy atom. The fourth-order valence-electron chi connectivity index (χ4n) is 1.64. The zero-order valence-corrected chi connectivity index (χ0v) is 11.6. The summed E-state index contributed by atoms with van der Waals surface area (Å²) in [6.45, 7) is 0. The average molecular weight is 310 g/mol. The molecule has 0 saturated heterocycles. The Kier molecular flexibility index (Phi) is 4.64. The van der Waals surface area contributed by atoms with Crippen LogP contribution >= 0.6 is 0 Å². The SMILES string of the molecule is Nc1cc(NC(=O)CS(=O)c2ccccc2F)ccc1F. The third-order valence-corrected chi connectivity index (χ3v) is 3.97. The first-order valence-corrected chi connectivity index (χ1v) is 7.27. The van der Waals surface area contributed by atoms with Crippen molar-refractivity contribution in [3.05, 3.63) is 54.1 Å². The van der Waals surface area contributed by atoms with Crippen molar-refractivity contribution in [2.75, 3.05) is 16.8 Å². The van der Waals surface area contributed by atoms with Crippen LogP contribution in [0.3, 0.4) is 0 Å². The Morgan fingerprint density at radius 2 is 1.86 bits per heavy atom. The summed E-state index contributed by atoms with van der Waals surface area (Å²) in [5, 5.41) is 2.43. The fourth-order valence-corrected chi connectivity index (χ4v) is 2.63. The van der Waals surface area contributed by atoms with E-state index in [4.69, 9.17) is 5.73 Å². The molecular formula is C14H12F2N2O2S. The van der Waals surface area contributed by atoms with E-state index >= 15 is 0 Å². The highest BCUT2D eigenvalue weighted by Gasteiger charge is 2.14. The van der Waals surface area contributed by atoms with Crippen LogP contribution in [0.1, 0.15) is 0 Å². The van der Waals surface area contributed by atoms with E-state index in [9.17, 15) is 17.8 Å². The largest absolute Gasteiger partial charge is 0.396 e. The van der Waals surface area contributed by atoms with E-state index < -0.39 is 34.1 Å². The van der Waals surface area contributed by atoms with E-state index in [1.807, 2.05) is 0 Å². The summed E-state index contributed by atoms with van der Waals surface area (Å²) >= 11 is 0. The van der Waals surface area contributed by atoms with Crippen LogP contribution in [0.5, 0.6) is 0 Å². The molecule has 0 aliphatic rings. The van der Waals surface area contributed by atoms with E-state index in [-0.39, 0.29) is 16.3 Å². The number of carbonyl (C=O) groups excluding carboxylic acids is 1. The number of anilines is 2. The van der Waals surface area contributed by atoms with Gasteiger partial charge >= 0.3 is 0 Å². The normalized spacial score (nSPS) is 11.9. The first kappa shape index (κ1) is 15.1. The Hall–Kier alpha value is -2.28. The minimum Gasteiger partial charge on any atom is -0.396 e. The lowest BCUT2D eigenvalue weighted by Gasteiger charge is -2.07. The number of amides is 1. The van der Waals surface area contributed by atoms with E-state index in [0.717, 1.165) is 6.07 Å². The number of nitrogen functional groups attached to an aromatic ring is 1. The summed E-state index contributed by atoms with van der Waals surface area (Å²) in [4.78, 5) is 11.7. The number of rotatable bonds is 4. The van der Waals surface area contributed by atoms with Crippen molar-refractivity contribution in [2.24, 2.45) is 0 Å². The third-order valence-electron chi connectivity index (χ3n) is 2.62. The minimum absolute atomic E-state index is 0.0359. The summed E-state index contributed by atoms with van der Waals surface area (Å²) in [5.41, 5.74) is 5.55. The van der Waals surface area contributed by atoms with Crippen LogP contribution in [-0.2, 0) is 15.6 Å². The number of nitrogens with two attached hydrogens (primary N) is 1. The maximum atomic E-state index is 13.4. The smallest absolute Gasteiger partial charge is 0.237 e. The molecule has 1 atom stereocenters. The third kappa shape index (κ3) is 3.85. The fraction of sp³-hybridized carbons (Fsp3) is 0.0714. The molecule has 21 heavy (non-hydrogen) atoms. The van der Waals surface area contributed by atoms with Gasteiger partial charge in [-0.15, -0.1) is 0 Å². The Morgan fingerprint density at radius 1 is 1.14 bits per heavy atom. The Bertz CT molecular complexity index is 707. The highest BCUT2D eigenvalue weighted by Crippen LogP contribution is 2.17. The first-order valence-electron chi connectivity index (χ1n) is 5.95. The van der Waals surface area contributed by atoms with Gasteiger partial charge in [0.2, 0.25) is 5.91 Å². The number of hydrogen-bond acceptors (Lipinski definition) is 3. The molecular weight excluding hydrogens is 298 g/mol. The Labute approximate surface area is 122 Å². The van der Waals surface area contributed by atoms with Crippen LogP contribution in [-0.4, -0.2) is 15.9 Å². The van der Waals surface area contributed by atoms with Gasteiger partial charge in [0.15, 0.2) is 0 Å². The number of benzene rings is 2. The predicted octanol–water partition coefficient (Wildman–Crippen LogP) is 2.29. The molecule has 4 nitrogen and oxygen atoms in total. The quantitative estimate of drug-likeness (QED) is 0.851. The Balaban J connectivity index is 2.03. The van der Waals surface area contributed by atoms with Gasteiger partial charge in [-0.1, -0.05) is 12.1 Å². The van der Waals surface area contributed by atoms with Gasteiger partial charge in [-0.25, -0.2) is 8.78 Å². The van der Waals surface area contributed by atoms with E-state index in [0.29, 0.717) is 0 Å². The molecule has 0 saturated carbocycles. The molecule has 1 amide bonds. The lowest BCUT2D eigenvalue weighted by Crippen LogP contribution is -2.20. The predicted molar refractivity (Wildman–Crippen MR) is 77.1 cm³/mol. The zero-order chi connectivity index (χ0) is 15.4. The highest BCUT2D eigenvalue weighted by molar-refractivity contribution is 7.85. The van der Waals surface area contributed by atoms with E-state index in [2.05, 4.69) is 5.32 Å². The van der Waals surface area contributed by atoms with Crippen molar-refractivity contribution >= 4 is 28.1 Å². The second-order valence-corrected chi connectivity index (χ2v) is 5.62. The molecule has 0 radical (unpaired) electrons. The molecule has 2 aromatic rings. The molecule has 0 aromatic heterocycles. The van der Waals surface area contributed by atoms with Crippen LogP contribution < -0.4 is 11.1 Å². The molecule has 0 aliphatic heterocycles. The first-order chi connectivity index (χ1) is 9.97. The van der Waals surface area contributed by atoms with Crippen molar-refractivity contribution in [1.29, 1.82) is 0 Å². The zero-order valence-electron chi connectivity index (χ0n) is 10.8. The monoisotopic (exact) mass is 310 g/mol. The van der Waals surface area contributed by atoms with Crippen LogP contribution in [0, 0.1) is 11.6 Å². The molecule has 2 aromatic carbocycles. The number of nitrogens with one attached hydrogen (secondary N) is 1. The van der Waals surface area contributed by atoms with E-state index in [1.165, 1.54) is 36.4 Å². The molecule has 7 heteroatoms. The van der Waals surface area contributed by atoms with Gasteiger partial charge in [-0.2, -0.15) is 0 Å². The van der Waals surface area contributed by atoms with Gasteiger partial charge < -0.3 is 11.1 Å². The van der Waals surface area contributed by atoms with Crippen LogP contribution in [0.15, 0.2) is 47.4 Å². The van der Waals surface area contributed by atoms with Crippen molar-refractivity contribution in [3.8, 4) is 0 Å². The number of carbonyl (C=O) groups is 1. The van der Waals surface area contributed by atoms with Crippen LogP contribution in [0.2, 0.25) is 0 Å². The lowest BCUT2D eigenvalue weighted by molar-refractivity contribution is -0.113. The van der Waals surface area contributed by atoms with Crippen LogP contribution in [0.4, 0.5) is 20.2 Å². The van der Waals surface area contributed by atoms with Crippen molar-refractivity contribution < 1.29 is 17.8 Å². The molecule has 0 aliphatic carbocycles. The maximum absolute atomic E-state index is 13.4. The topological polar surface area (TPSA) is 72.2 Å². The van der Waals surface area contributed by atoms with Gasteiger partial charge in [0.05, 0.1) is 21.4 Å². The highest BCUT2D eigenvalue weighted by atomic mass is 32.2. The summed E-state index contributed by atoms with van der Waals surface area (Å²) in [6.07, 6.45) is 0. The van der Waals surface area contributed by atoms with Crippen molar-refractivity contribution in [1.82, 2.24) is 0 Å². The molecule has 1 unspecified atom stereocenters. The summed E-state index contributed by atoms with van der Waals surface area (Å²) in [6, 6.07) is 9.22. The molecule has 3 N–H and O–H groups in total. The van der Waals surface area contributed by atoms with Crippen molar-refractivity contribution in [3.63, 3.8) is 0 Å². The van der Waals surface area contributed by atoms with Gasteiger partial charge in [-0.05, 0) is 30.3 Å². The molecule has 0 bridgehead atoms. The molecule has 0 heterocycles. The molecule has 0 fully saturated rings. The molecule has 110 valence electrons. The molecule has 0 spiro atoms. The molecule has 2 rings (SSSR count).